The van der Waals surface area contributed by atoms with Crippen molar-refractivity contribution in [2.75, 3.05) is 5.75 Å². The molecule has 0 aromatic carbocycles. The lowest BCUT2D eigenvalue weighted by atomic mass is 9.97. The Balaban J connectivity index is 2.57. The maximum atomic E-state index is 11.7. The van der Waals surface area contributed by atoms with Crippen LogP contribution in [0.4, 0.5) is 0 Å². The molecule has 0 aromatic rings. The van der Waals surface area contributed by atoms with Crippen LogP contribution in [0.25, 0.3) is 0 Å². The summed E-state index contributed by atoms with van der Waals surface area (Å²) in [7, 11) is 0. The molecule has 1 heterocycles. The van der Waals surface area contributed by atoms with E-state index in [1.807, 2.05) is 4.90 Å². The van der Waals surface area contributed by atoms with Crippen molar-refractivity contribution in [1.29, 1.82) is 0 Å². The average molecular weight is 201 g/mol. The molecule has 1 aliphatic rings. The van der Waals surface area contributed by atoms with Crippen LogP contribution < -0.4 is 0 Å². The number of nitrogens with zero attached hydrogens (tertiary/aromatic N) is 1. The molecule has 0 unspecified atom stereocenters. The van der Waals surface area contributed by atoms with Gasteiger partial charge in [-0.25, -0.2) is 0 Å². The molecule has 1 fully saturated rings. The van der Waals surface area contributed by atoms with Crippen molar-refractivity contribution in [2.45, 2.75) is 51.6 Å². The van der Waals surface area contributed by atoms with Crippen molar-refractivity contribution in [3.63, 3.8) is 0 Å². The average Bonchev–Trinajstić information content (AvgIpc) is 2.04. The maximum Gasteiger partial charge on any atom is 0.223 e. The summed E-state index contributed by atoms with van der Waals surface area (Å²) in [4.78, 5) is 13.7. The number of piperidine rings is 1. The fourth-order valence-electron chi connectivity index (χ4n) is 2.14. The van der Waals surface area contributed by atoms with Gasteiger partial charge in [-0.05, 0) is 38.9 Å². The van der Waals surface area contributed by atoms with E-state index in [0.29, 0.717) is 24.3 Å². The molecule has 0 N–H and O–H groups in total. The second-order valence-corrected chi connectivity index (χ2v) is 4.35. The van der Waals surface area contributed by atoms with Gasteiger partial charge in [0, 0.05) is 18.5 Å². The smallest absolute Gasteiger partial charge is 0.223 e. The number of hydrogen-bond donors (Lipinski definition) is 1. The minimum Gasteiger partial charge on any atom is -0.337 e. The van der Waals surface area contributed by atoms with Crippen LogP contribution in [-0.4, -0.2) is 28.6 Å². The number of amides is 1. The van der Waals surface area contributed by atoms with Crippen LogP contribution in [0.15, 0.2) is 0 Å². The van der Waals surface area contributed by atoms with E-state index in [9.17, 15) is 4.79 Å². The lowest BCUT2D eigenvalue weighted by molar-refractivity contribution is -0.136. The summed E-state index contributed by atoms with van der Waals surface area (Å²) in [5.41, 5.74) is 0. The number of hydrogen-bond acceptors (Lipinski definition) is 2. The molecule has 1 amide bonds. The van der Waals surface area contributed by atoms with Crippen LogP contribution in [0, 0.1) is 0 Å². The highest BCUT2D eigenvalue weighted by atomic mass is 32.1. The van der Waals surface area contributed by atoms with E-state index in [0.717, 1.165) is 12.8 Å². The van der Waals surface area contributed by atoms with Crippen LogP contribution >= 0.6 is 12.6 Å². The van der Waals surface area contributed by atoms with Crippen molar-refractivity contribution in [3.8, 4) is 0 Å². The highest BCUT2D eigenvalue weighted by molar-refractivity contribution is 7.80. The van der Waals surface area contributed by atoms with Gasteiger partial charge < -0.3 is 4.90 Å². The minimum absolute atomic E-state index is 0.273. The second kappa shape index (κ2) is 4.89. The molecule has 3 heteroatoms. The Morgan fingerprint density at radius 1 is 1.38 bits per heavy atom. The van der Waals surface area contributed by atoms with Crippen LogP contribution in [0.2, 0.25) is 0 Å². The van der Waals surface area contributed by atoms with Crippen LogP contribution in [0.5, 0.6) is 0 Å². The number of carbonyl (C=O) groups is 1. The molecule has 2 nitrogen and oxygen atoms in total. The summed E-state index contributed by atoms with van der Waals surface area (Å²) >= 11 is 4.09. The first-order chi connectivity index (χ1) is 6.16. The van der Waals surface area contributed by atoms with Crippen LogP contribution in [-0.2, 0) is 4.79 Å². The van der Waals surface area contributed by atoms with Gasteiger partial charge in [0.1, 0.15) is 0 Å². The predicted octanol–water partition coefficient (Wildman–Crippen LogP) is 2.10. The molecule has 0 spiro atoms. The zero-order valence-electron chi connectivity index (χ0n) is 8.49. The first-order valence-electron chi connectivity index (χ1n) is 5.09. The van der Waals surface area contributed by atoms with Gasteiger partial charge in [0.25, 0.3) is 0 Å². The van der Waals surface area contributed by atoms with Gasteiger partial charge in [-0.15, -0.1) is 0 Å². The van der Waals surface area contributed by atoms with E-state index in [4.69, 9.17) is 0 Å². The molecule has 0 bridgehead atoms. The van der Waals surface area contributed by atoms with Crippen molar-refractivity contribution in [2.24, 2.45) is 0 Å². The standard InChI is InChI=1S/C10H19NOS/c1-8-4-3-5-9(2)11(8)10(12)6-7-13/h8-9,13H,3-7H2,1-2H3/t8-,9+. The van der Waals surface area contributed by atoms with E-state index in [1.54, 1.807) is 0 Å². The zero-order valence-corrected chi connectivity index (χ0v) is 9.39. The number of thiol groups is 1. The van der Waals surface area contributed by atoms with Gasteiger partial charge in [-0.1, -0.05) is 0 Å². The summed E-state index contributed by atoms with van der Waals surface area (Å²) in [6, 6.07) is 0.854. The van der Waals surface area contributed by atoms with Crippen molar-refractivity contribution in [3.05, 3.63) is 0 Å². The quantitative estimate of drug-likeness (QED) is 0.678. The molecule has 76 valence electrons. The number of rotatable bonds is 2. The topological polar surface area (TPSA) is 20.3 Å². The normalized spacial score (nSPS) is 29.0. The molecule has 0 radical (unpaired) electrons. The van der Waals surface area contributed by atoms with Gasteiger partial charge in [0.15, 0.2) is 0 Å². The van der Waals surface area contributed by atoms with E-state index < -0.39 is 0 Å². The monoisotopic (exact) mass is 201 g/mol. The Morgan fingerprint density at radius 3 is 2.38 bits per heavy atom. The molecular weight excluding hydrogens is 182 g/mol. The summed E-state index contributed by atoms with van der Waals surface area (Å²) < 4.78 is 0. The molecular formula is C10H19NOS. The Labute approximate surface area is 86.1 Å². The number of carbonyl (C=O) groups excluding carboxylic acids is 1. The van der Waals surface area contributed by atoms with Gasteiger partial charge in [-0.3, -0.25) is 4.79 Å². The summed E-state index contributed by atoms with van der Waals surface area (Å²) in [5.74, 6) is 0.934. The molecule has 0 aliphatic carbocycles. The van der Waals surface area contributed by atoms with Crippen molar-refractivity contribution in [1.82, 2.24) is 4.90 Å². The summed E-state index contributed by atoms with van der Waals surface area (Å²) in [5, 5.41) is 0. The molecule has 0 saturated carbocycles. The third-order valence-electron chi connectivity index (χ3n) is 2.81. The van der Waals surface area contributed by atoms with Gasteiger partial charge >= 0.3 is 0 Å². The van der Waals surface area contributed by atoms with Crippen molar-refractivity contribution >= 4 is 18.5 Å². The van der Waals surface area contributed by atoms with E-state index in [-0.39, 0.29) is 5.91 Å². The number of likely N-dealkylation sites (tertiary alicyclic amines) is 1. The molecule has 2 atom stereocenters. The largest absolute Gasteiger partial charge is 0.337 e. The molecule has 1 saturated heterocycles. The Hall–Kier alpha value is -0.180. The van der Waals surface area contributed by atoms with Gasteiger partial charge in [0.2, 0.25) is 5.91 Å². The summed E-state index contributed by atoms with van der Waals surface area (Å²) in [6.45, 7) is 4.29. The fourth-order valence-corrected chi connectivity index (χ4v) is 2.33. The van der Waals surface area contributed by atoms with Crippen LogP contribution in [0.3, 0.4) is 0 Å². The van der Waals surface area contributed by atoms with Gasteiger partial charge in [0.05, 0.1) is 0 Å². The first kappa shape index (κ1) is 10.9. The van der Waals surface area contributed by atoms with E-state index in [2.05, 4.69) is 26.5 Å². The summed E-state index contributed by atoms with van der Waals surface area (Å²) in [6.07, 6.45) is 4.15. The Morgan fingerprint density at radius 2 is 1.92 bits per heavy atom. The Bertz CT molecular complexity index is 174. The lowest BCUT2D eigenvalue weighted by Gasteiger charge is -2.39. The van der Waals surface area contributed by atoms with Gasteiger partial charge in [-0.2, -0.15) is 12.6 Å². The third kappa shape index (κ3) is 2.63. The molecule has 13 heavy (non-hydrogen) atoms. The molecule has 1 aliphatic heterocycles. The van der Waals surface area contributed by atoms with Crippen molar-refractivity contribution < 1.29 is 4.79 Å². The predicted molar refractivity (Wildman–Crippen MR) is 58.1 cm³/mol. The van der Waals surface area contributed by atoms with E-state index >= 15 is 0 Å². The van der Waals surface area contributed by atoms with Crippen LogP contribution in [0.1, 0.15) is 39.5 Å². The highest BCUT2D eigenvalue weighted by Gasteiger charge is 2.27. The molecule has 0 aromatic heterocycles. The molecule has 1 rings (SSSR count). The highest BCUT2D eigenvalue weighted by Crippen LogP contribution is 2.23. The second-order valence-electron chi connectivity index (χ2n) is 3.90. The lowest BCUT2D eigenvalue weighted by Crippen LogP contribution is -2.47. The zero-order chi connectivity index (χ0) is 9.84. The first-order valence-corrected chi connectivity index (χ1v) is 5.72. The third-order valence-corrected chi connectivity index (χ3v) is 3.03. The Kier molecular flexibility index (Phi) is 4.10. The SMILES string of the molecule is C[C@@H]1CCC[C@H](C)N1C(=O)CCS. The fraction of sp³-hybridized carbons (Fsp3) is 0.900. The van der Waals surface area contributed by atoms with E-state index in [1.165, 1.54) is 6.42 Å². The maximum absolute atomic E-state index is 11.7. The minimum atomic E-state index is 0.273.